The molecule has 1 fully saturated rings. The summed E-state index contributed by atoms with van der Waals surface area (Å²) < 4.78 is 0. The molecule has 2 aliphatic rings. The van der Waals surface area contributed by atoms with Crippen LogP contribution in [-0.4, -0.2) is 11.1 Å². The first kappa shape index (κ1) is 23.0. The van der Waals surface area contributed by atoms with E-state index in [2.05, 4.69) is 60.1 Å². The Labute approximate surface area is 185 Å². The second kappa shape index (κ2) is 13.6. The summed E-state index contributed by atoms with van der Waals surface area (Å²) >= 11 is 0. The van der Waals surface area contributed by atoms with Crippen LogP contribution in [0.15, 0.2) is 42.7 Å². The van der Waals surface area contributed by atoms with Crippen LogP contribution in [0.2, 0.25) is 0 Å². The van der Waals surface area contributed by atoms with Crippen LogP contribution < -0.4 is 5.43 Å². The number of benzene rings is 1. The molecule has 0 unspecified atom stereocenters. The Hall–Kier alpha value is -1.70. The minimum atomic E-state index is 0.646. The molecule has 1 aromatic carbocycles. The lowest BCUT2D eigenvalue weighted by Gasteiger charge is -2.35. The molecule has 1 saturated carbocycles. The fourth-order valence-electron chi connectivity index (χ4n) is 5.00. The van der Waals surface area contributed by atoms with Crippen molar-refractivity contribution < 1.29 is 0 Å². The SMILES string of the molecule is CCCCCCCCCCCCc1ccccc1C1=CN(C2CCCCC2)NC=C1. The van der Waals surface area contributed by atoms with Crippen LogP contribution >= 0.6 is 0 Å². The van der Waals surface area contributed by atoms with E-state index in [0.29, 0.717) is 6.04 Å². The Balaban J connectivity index is 1.44. The predicted molar refractivity (Wildman–Crippen MR) is 131 cm³/mol. The highest BCUT2D eigenvalue weighted by Gasteiger charge is 2.20. The third-order valence-electron chi connectivity index (χ3n) is 6.86. The van der Waals surface area contributed by atoms with Crippen molar-refractivity contribution in [1.29, 1.82) is 0 Å². The summed E-state index contributed by atoms with van der Waals surface area (Å²) in [4.78, 5) is 0. The Kier molecular flexibility index (Phi) is 10.4. The number of hydrazine groups is 1. The average molecular weight is 409 g/mol. The summed E-state index contributed by atoms with van der Waals surface area (Å²) in [5.74, 6) is 0. The van der Waals surface area contributed by atoms with Crippen LogP contribution in [0.4, 0.5) is 0 Å². The number of nitrogens with zero attached hydrogens (tertiary/aromatic N) is 1. The Morgan fingerprint density at radius 2 is 1.50 bits per heavy atom. The van der Waals surface area contributed by atoms with Crippen LogP contribution in [0.5, 0.6) is 0 Å². The van der Waals surface area contributed by atoms with Crippen molar-refractivity contribution in [1.82, 2.24) is 10.4 Å². The van der Waals surface area contributed by atoms with Gasteiger partial charge in [0.2, 0.25) is 0 Å². The van der Waals surface area contributed by atoms with Gasteiger partial charge in [0.05, 0.1) is 0 Å². The summed E-state index contributed by atoms with van der Waals surface area (Å²) in [6.07, 6.45) is 28.7. The predicted octanol–water partition coefficient (Wildman–Crippen LogP) is 8.16. The third kappa shape index (κ3) is 7.52. The maximum atomic E-state index is 3.47. The quantitative estimate of drug-likeness (QED) is 0.331. The van der Waals surface area contributed by atoms with Crippen molar-refractivity contribution in [3.8, 4) is 0 Å². The third-order valence-corrected chi connectivity index (χ3v) is 6.86. The second-order valence-corrected chi connectivity index (χ2v) is 9.34. The van der Waals surface area contributed by atoms with Gasteiger partial charge < -0.3 is 5.43 Å². The normalized spacial score (nSPS) is 17.1. The first-order valence-corrected chi connectivity index (χ1v) is 12.9. The minimum Gasteiger partial charge on any atom is -0.306 e. The largest absolute Gasteiger partial charge is 0.306 e. The minimum absolute atomic E-state index is 0.646. The molecule has 3 rings (SSSR count). The molecule has 0 amide bonds. The highest BCUT2D eigenvalue weighted by atomic mass is 15.5. The number of hydrogen-bond acceptors (Lipinski definition) is 2. The van der Waals surface area contributed by atoms with Gasteiger partial charge in [-0.05, 0) is 42.9 Å². The van der Waals surface area contributed by atoms with Gasteiger partial charge in [-0.3, -0.25) is 5.01 Å². The van der Waals surface area contributed by atoms with E-state index in [-0.39, 0.29) is 0 Å². The van der Waals surface area contributed by atoms with Crippen molar-refractivity contribution in [2.24, 2.45) is 0 Å². The van der Waals surface area contributed by atoms with E-state index in [4.69, 9.17) is 0 Å². The lowest BCUT2D eigenvalue weighted by Crippen LogP contribution is -2.41. The lowest BCUT2D eigenvalue weighted by molar-refractivity contribution is 0.178. The molecular formula is C28H44N2. The van der Waals surface area contributed by atoms with Crippen LogP contribution in [0.1, 0.15) is 114 Å². The first-order valence-electron chi connectivity index (χ1n) is 12.9. The van der Waals surface area contributed by atoms with Crippen molar-refractivity contribution in [3.63, 3.8) is 0 Å². The Morgan fingerprint density at radius 3 is 2.23 bits per heavy atom. The summed E-state index contributed by atoms with van der Waals surface area (Å²) in [5.41, 5.74) is 7.77. The molecule has 2 heteroatoms. The monoisotopic (exact) mass is 408 g/mol. The molecule has 1 aliphatic heterocycles. The van der Waals surface area contributed by atoms with E-state index in [1.54, 1.807) is 0 Å². The number of allylic oxidation sites excluding steroid dienone is 2. The van der Waals surface area contributed by atoms with Crippen molar-refractivity contribution >= 4 is 5.57 Å². The lowest BCUT2D eigenvalue weighted by atomic mass is 9.93. The van der Waals surface area contributed by atoms with Crippen LogP contribution in [0, 0.1) is 0 Å². The molecule has 1 aliphatic carbocycles. The zero-order valence-corrected chi connectivity index (χ0v) is 19.4. The van der Waals surface area contributed by atoms with Crippen molar-refractivity contribution in [3.05, 3.63) is 53.9 Å². The zero-order valence-electron chi connectivity index (χ0n) is 19.4. The Bertz CT molecular complexity index is 654. The summed E-state index contributed by atoms with van der Waals surface area (Å²) in [6, 6.07) is 9.70. The molecule has 0 atom stereocenters. The first-order chi connectivity index (χ1) is 14.9. The van der Waals surface area contributed by atoms with Gasteiger partial charge in [-0.15, -0.1) is 0 Å². The van der Waals surface area contributed by atoms with Gasteiger partial charge in [0, 0.05) is 24.0 Å². The molecule has 1 heterocycles. The van der Waals surface area contributed by atoms with Crippen LogP contribution in [0.25, 0.3) is 5.57 Å². The van der Waals surface area contributed by atoms with Crippen molar-refractivity contribution in [2.75, 3.05) is 0 Å². The average Bonchev–Trinajstić information content (AvgIpc) is 2.81. The molecule has 1 N–H and O–H groups in total. The fraction of sp³-hybridized carbons (Fsp3) is 0.643. The van der Waals surface area contributed by atoms with Gasteiger partial charge in [0.1, 0.15) is 0 Å². The standard InChI is InChI=1S/C28H44N2/c1-2-3-4-5-6-7-8-9-10-12-17-25-18-15-16-21-28(25)26-22-23-29-30(24-26)27-19-13-11-14-20-27/h15-16,18,21-24,27,29H,2-14,17,19-20H2,1H3. The molecule has 0 saturated heterocycles. The van der Waals surface area contributed by atoms with Crippen LogP contribution in [0.3, 0.4) is 0 Å². The number of nitrogens with one attached hydrogen (secondary N) is 1. The molecule has 2 nitrogen and oxygen atoms in total. The highest BCUT2D eigenvalue weighted by Crippen LogP contribution is 2.28. The highest BCUT2D eigenvalue weighted by molar-refractivity contribution is 5.76. The van der Waals surface area contributed by atoms with Gasteiger partial charge in [-0.1, -0.05) is 108 Å². The molecular weight excluding hydrogens is 364 g/mol. The maximum absolute atomic E-state index is 3.47. The summed E-state index contributed by atoms with van der Waals surface area (Å²) in [6.45, 7) is 2.29. The van der Waals surface area contributed by atoms with E-state index in [1.165, 1.54) is 119 Å². The molecule has 1 aromatic rings. The van der Waals surface area contributed by atoms with Gasteiger partial charge in [0.15, 0.2) is 0 Å². The number of unbranched alkanes of at least 4 members (excludes halogenated alkanes) is 9. The smallest absolute Gasteiger partial charge is 0.0497 e. The van der Waals surface area contributed by atoms with Crippen LogP contribution in [-0.2, 0) is 6.42 Å². The van der Waals surface area contributed by atoms with Gasteiger partial charge >= 0.3 is 0 Å². The summed E-state index contributed by atoms with van der Waals surface area (Å²) in [5, 5.41) is 2.37. The van der Waals surface area contributed by atoms with Gasteiger partial charge in [0.25, 0.3) is 0 Å². The van der Waals surface area contributed by atoms with E-state index < -0.39 is 0 Å². The number of aryl methyl sites for hydroxylation is 1. The molecule has 166 valence electrons. The van der Waals surface area contributed by atoms with E-state index in [0.717, 1.165) is 0 Å². The second-order valence-electron chi connectivity index (χ2n) is 9.34. The fourth-order valence-corrected chi connectivity index (χ4v) is 5.00. The van der Waals surface area contributed by atoms with Gasteiger partial charge in [-0.2, -0.15) is 0 Å². The van der Waals surface area contributed by atoms with E-state index >= 15 is 0 Å². The Morgan fingerprint density at radius 1 is 0.833 bits per heavy atom. The number of rotatable bonds is 13. The molecule has 0 radical (unpaired) electrons. The van der Waals surface area contributed by atoms with E-state index in [9.17, 15) is 0 Å². The molecule has 0 bridgehead atoms. The maximum Gasteiger partial charge on any atom is 0.0497 e. The molecule has 30 heavy (non-hydrogen) atoms. The zero-order chi connectivity index (χ0) is 20.9. The number of hydrogen-bond donors (Lipinski definition) is 1. The summed E-state index contributed by atoms with van der Waals surface area (Å²) in [7, 11) is 0. The van der Waals surface area contributed by atoms with Crippen molar-refractivity contribution in [2.45, 2.75) is 116 Å². The van der Waals surface area contributed by atoms with E-state index in [1.807, 2.05) is 0 Å². The van der Waals surface area contributed by atoms with Gasteiger partial charge in [-0.25, -0.2) is 0 Å². The topological polar surface area (TPSA) is 15.3 Å². The molecule has 0 spiro atoms. The molecule has 0 aromatic heterocycles.